The van der Waals surface area contributed by atoms with Crippen molar-refractivity contribution in [2.45, 2.75) is 165 Å². The summed E-state index contributed by atoms with van der Waals surface area (Å²) < 4.78 is 0. The van der Waals surface area contributed by atoms with Gasteiger partial charge in [0.2, 0.25) is 59.1 Å². The van der Waals surface area contributed by atoms with E-state index in [0.717, 1.165) is 0 Å². The van der Waals surface area contributed by atoms with Crippen LogP contribution in [0.5, 0.6) is 11.5 Å². The molecule has 3 aromatic carbocycles. The Kier molecular flexibility index (Phi) is 35.5. The number of amides is 10. The van der Waals surface area contributed by atoms with Crippen molar-refractivity contribution < 1.29 is 83.1 Å². The number of rotatable bonds is 43. The second-order valence-electron chi connectivity index (χ2n) is 24.3. The number of carbonyl (C=O) groups excluding carboxylic acids is 10. The quantitative estimate of drug-likeness (QED) is 0.0111. The Balaban J connectivity index is 1.88. The van der Waals surface area contributed by atoms with E-state index in [1.54, 1.807) is 44.2 Å². The van der Waals surface area contributed by atoms with E-state index in [9.17, 15) is 83.1 Å². The summed E-state index contributed by atoms with van der Waals surface area (Å²) in [5, 5.41) is 74.7. The number of aliphatic hydroxyl groups is 1. The fourth-order valence-electron chi connectivity index (χ4n) is 9.70. The highest BCUT2D eigenvalue weighted by atomic mass is 32.1. The summed E-state index contributed by atoms with van der Waals surface area (Å²) in [6.45, 7) is 7.17. The highest BCUT2D eigenvalue weighted by Gasteiger charge is 2.37. The summed E-state index contributed by atoms with van der Waals surface area (Å²) in [5.41, 5.74) is 29.6. The van der Waals surface area contributed by atoms with Crippen molar-refractivity contribution in [2.24, 2.45) is 50.5 Å². The Morgan fingerprint density at radius 1 is 0.424 bits per heavy atom. The van der Waals surface area contributed by atoms with Crippen LogP contribution in [0, 0.1) is 11.8 Å². The molecule has 35 heteroatoms. The first kappa shape index (κ1) is 82.9. The first-order chi connectivity index (χ1) is 46.7. The first-order valence-electron chi connectivity index (χ1n) is 31.9. The van der Waals surface area contributed by atoms with E-state index >= 15 is 0 Å². The average Bonchev–Trinajstić information content (AvgIpc) is 0.869. The maximum atomic E-state index is 14.5. The van der Waals surface area contributed by atoms with Gasteiger partial charge in [-0.05, 0) is 98.2 Å². The number of aliphatic hydroxyl groups excluding tert-OH is 1. The SMILES string of the molecule is CC(C)C[C@H](NC(=O)[C@H](Cc1ccccc1)NC(=O)[C@H](CCCN=C(N)N)NC(=O)[C@H](Cc1ccc(O)cc1)NC(=O)[C@H](CO)NC(=O)[C@H](CS)NC(=O)[C@H](CC(=O)O)NC(=O)[C@H](C)NC(=O)[C@H](CCCN=C(N)N)NC(=O)[C@H](Cc1ccc(O)cc1)NC(=O)[C@@H](N)CC(C)C)C(=O)O. The van der Waals surface area contributed by atoms with E-state index in [0.29, 0.717) is 16.7 Å². The number of aromatic hydroxyl groups is 2. The number of carboxylic acid groups (broad SMARTS) is 2. The number of carboxylic acids is 2. The Labute approximate surface area is 577 Å². The number of hydrogen-bond acceptors (Lipinski definition) is 19. The third-order valence-corrected chi connectivity index (χ3v) is 15.2. The van der Waals surface area contributed by atoms with Gasteiger partial charge in [-0.1, -0.05) is 82.3 Å². The fourth-order valence-corrected chi connectivity index (χ4v) is 9.96. The number of nitrogens with one attached hydrogen (secondary N) is 10. The number of phenols is 2. The Hall–Kier alpha value is -10.3. The molecule has 0 aliphatic carbocycles. The van der Waals surface area contributed by atoms with E-state index in [2.05, 4.69) is 75.8 Å². The van der Waals surface area contributed by atoms with Gasteiger partial charge in [-0.15, -0.1) is 0 Å². The minimum Gasteiger partial charge on any atom is -0.508 e. The van der Waals surface area contributed by atoms with E-state index in [1.807, 2.05) is 13.8 Å². The zero-order valence-corrected chi connectivity index (χ0v) is 56.7. The number of guanidine groups is 2. The summed E-state index contributed by atoms with van der Waals surface area (Å²) in [6, 6.07) is 2.71. The lowest BCUT2D eigenvalue weighted by molar-refractivity contribution is -0.143. The zero-order chi connectivity index (χ0) is 74.1. The van der Waals surface area contributed by atoms with Crippen molar-refractivity contribution in [1.82, 2.24) is 53.2 Å². The van der Waals surface area contributed by atoms with Crippen LogP contribution in [0.4, 0.5) is 0 Å². The number of aliphatic imine (C=N–C) groups is 2. The fraction of sp³-hybridized carbons (Fsp3) is 0.500. The first-order valence-corrected chi connectivity index (χ1v) is 32.5. The lowest BCUT2D eigenvalue weighted by atomic mass is 10.0. The Bertz CT molecular complexity index is 3270. The molecule has 10 amide bonds. The molecule has 0 spiro atoms. The molecule has 0 unspecified atom stereocenters. The molecular weight excluding hydrogens is 1310 g/mol. The largest absolute Gasteiger partial charge is 0.508 e. The smallest absolute Gasteiger partial charge is 0.326 e. The molecule has 0 bridgehead atoms. The maximum Gasteiger partial charge on any atom is 0.326 e. The van der Waals surface area contributed by atoms with Crippen molar-refractivity contribution in [1.29, 1.82) is 0 Å². The number of hydrogen-bond donors (Lipinski definition) is 21. The van der Waals surface area contributed by atoms with Gasteiger partial charge in [-0.2, -0.15) is 12.6 Å². The van der Waals surface area contributed by atoms with E-state index < -0.39 is 156 Å². The van der Waals surface area contributed by atoms with Crippen LogP contribution in [0.3, 0.4) is 0 Å². The minimum absolute atomic E-state index is 0.00874. The van der Waals surface area contributed by atoms with Gasteiger partial charge in [0.1, 0.15) is 71.9 Å². The molecule has 0 radical (unpaired) electrons. The molecule has 34 nitrogen and oxygen atoms in total. The molecule has 0 aromatic heterocycles. The number of nitrogens with two attached hydrogens (primary N) is 5. The molecular formula is C64H95N17O17S. The predicted molar refractivity (Wildman–Crippen MR) is 366 cm³/mol. The highest BCUT2D eigenvalue weighted by Crippen LogP contribution is 2.16. The third kappa shape index (κ3) is 31.2. The molecule has 544 valence electrons. The van der Waals surface area contributed by atoms with E-state index in [1.165, 1.54) is 55.5 Å². The number of phenolic OH excluding ortho intramolecular Hbond substituents is 2. The molecule has 0 saturated heterocycles. The van der Waals surface area contributed by atoms with E-state index in [-0.39, 0.29) is 106 Å². The molecule has 11 atom stereocenters. The van der Waals surface area contributed by atoms with Crippen LogP contribution in [0.2, 0.25) is 0 Å². The second-order valence-corrected chi connectivity index (χ2v) is 24.6. The molecule has 3 aromatic rings. The number of carbonyl (C=O) groups is 12. The average molecular weight is 1410 g/mol. The molecule has 0 heterocycles. The summed E-state index contributed by atoms with van der Waals surface area (Å²) >= 11 is 4.15. The van der Waals surface area contributed by atoms with Crippen LogP contribution in [0.15, 0.2) is 88.8 Å². The van der Waals surface area contributed by atoms with Crippen molar-refractivity contribution in [3.63, 3.8) is 0 Å². The molecule has 0 aliphatic rings. The summed E-state index contributed by atoms with van der Waals surface area (Å²) in [5.74, 6) is -14.6. The molecule has 99 heavy (non-hydrogen) atoms. The van der Waals surface area contributed by atoms with Crippen molar-refractivity contribution in [3.05, 3.63) is 95.6 Å². The van der Waals surface area contributed by atoms with Crippen LogP contribution in [-0.4, -0.2) is 200 Å². The summed E-state index contributed by atoms with van der Waals surface area (Å²) in [7, 11) is 0. The van der Waals surface area contributed by atoms with Crippen LogP contribution >= 0.6 is 12.6 Å². The van der Waals surface area contributed by atoms with Crippen LogP contribution < -0.4 is 81.8 Å². The van der Waals surface area contributed by atoms with Gasteiger partial charge >= 0.3 is 11.9 Å². The molecule has 0 saturated carbocycles. The van der Waals surface area contributed by atoms with Gasteiger partial charge < -0.3 is 107 Å². The van der Waals surface area contributed by atoms with Gasteiger partial charge in [0.15, 0.2) is 11.9 Å². The molecule has 0 aliphatic heterocycles. The Morgan fingerprint density at radius 3 is 1.17 bits per heavy atom. The van der Waals surface area contributed by atoms with Crippen LogP contribution in [0.1, 0.15) is 96.3 Å². The van der Waals surface area contributed by atoms with Gasteiger partial charge in [0.05, 0.1) is 19.1 Å². The lowest BCUT2D eigenvalue weighted by Crippen LogP contribution is -2.61. The molecule has 25 N–H and O–H groups in total. The number of thiol groups is 1. The third-order valence-electron chi connectivity index (χ3n) is 14.9. The second kappa shape index (κ2) is 42.4. The van der Waals surface area contributed by atoms with Crippen LogP contribution in [0.25, 0.3) is 0 Å². The predicted octanol–water partition coefficient (Wildman–Crippen LogP) is -4.00. The number of nitrogens with zero attached hydrogens (tertiary/aromatic N) is 2. The number of benzene rings is 3. The number of aliphatic carboxylic acids is 2. The molecule has 0 fully saturated rings. The van der Waals surface area contributed by atoms with Gasteiger partial charge in [0.25, 0.3) is 0 Å². The summed E-state index contributed by atoms with van der Waals surface area (Å²) in [6.07, 6.45) is -1.59. The normalized spacial score (nSPS) is 14.4. The highest BCUT2D eigenvalue weighted by molar-refractivity contribution is 7.80. The van der Waals surface area contributed by atoms with Crippen LogP contribution in [-0.2, 0) is 76.8 Å². The standard InChI is InChI=1S/C64H95N17O17S/c1-33(2)25-41(65)53(88)76-44(28-37-15-19-39(83)20-16-37)56(91)73-42(13-9-23-70-63(66)67)54(89)72-35(5)52(87)75-47(30-51(85)86)59(94)81-50(32-99)61(96)80-49(31-82)60(95)78-46(29-38-17-21-40(84)22-18-38)57(92)74-43(14-10-24-71-64(68)69)55(90)77-45(27-36-11-7-6-8-12-36)58(93)79-48(62(97)98)26-34(3)4/h6-8,11-12,15-22,33-35,41-50,82-84,99H,9-10,13-14,23-32,65H2,1-5H3,(H,72,89)(H,73,91)(H,74,92)(H,75,87)(H,76,88)(H,77,90)(H,78,95)(H,79,93)(H,80,96)(H,81,94)(H,85,86)(H,97,98)(H4,66,67,70)(H4,68,69,71)/t35-,41-,42-,43-,44-,45-,46-,47-,48-,49-,50-/m0/s1. The van der Waals surface area contributed by atoms with Crippen molar-refractivity contribution in [2.75, 3.05) is 25.4 Å². The van der Waals surface area contributed by atoms with Gasteiger partial charge in [-0.25, -0.2) is 4.79 Å². The topological polar surface area (TPSA) is 581 Å². The van der Waals surface area contributed by atoms with E-state index in [4.69, 9.17) is 28.7 Å². The lowest BCUT2D eigenvalue weighted by Gasteiger charge is -2.27. The van der Waals surface area contributed by atoms with Crippen molar-refractivity contribution in [3.8, 4) is 11.5 Å². The maximum absolute atomic E-state index is 14.5. The van der Waals surface area contributed by atoms with Crippen molar-refractivity contribution >= 4 is 95.6 Å². The summed E-state index contributed by atoms with van der Waals surface area (Å²) in [4.78, 5) is 172. The van der Waals surface area contributed by atoms with Gasteiger partial charge in [-0.3, -0.25) is 62.7 Å². The minimum atomic E-state index is -1.97. The molecule has 3 rings (SSSR count). The Morgan fingerprint density at radius 2 is 0.768 bits per heavy atom. The monoisotopic (exact) mass is 1410 g/mol. The zero-order valence-electron chi connectivity index (χ0n) is 55.8. The van der Waals surface area contributed by atoms with Gasteiger partial charge in [0, 0.05) is 38.1 Å².